The maximum absolute atomic E-state index is 5.69. The third-order valence-corrected chi connectivity index (χ3v) is 2.69. The van der Waals surface area contributed by atoms with Crippen LogP contribution in [0.25, 0.3) is 0 Å². The van der Waals surface area contributed by atoms with Gasteiger partial charge in [0.05, 0.1) is 13.2 Å². The van der Waals surface area contributed by atoms with Crippen molar-refractivity contribution in [3.05, 3.63) is 12.7 Å². The molecule has 3 aliphatic rings. The normalized spacial score (nSPS) is 46.1. The van der Waals surface area contributed by atoms with Crippen molar-refractivity contribution in [1.29, 1.82) is 0 Å². The van der Waals surface area contributed by atoms with Crippen molar-refractivity contribution in [3.63, 3.8) is 0 Å². The Hall–Kier alpha value is -0.380. The van der Waals surface area contributed by atoms with Crippen LogP contribution in [0, 0.1) is 0 Å². The molecule has 0 N–H and O–H groups in total. The van der Waals surface area contributed by atoms with Gasteiger partial charge in [0.25, 0.3) is 0 Å². The first-order valence-electron chi connectivity index (χ1n) is 4.30. The molecule has 3 fully saturated rings. The van der Waals surface area contributed by atoms with Crippen molar-refractivity contribution in [2.45, 2.75) is 24.7 Å². The first kappa shape index (κ1) is 8.23. The first-order valence-corrected chi connectivity index (χ1v) is 4.30. The zero-order valence-corrected chi connectivity index (χ0v) is 7.34. The van der Waals surface area contributed by atoms with Crippen LogP contribution in [0.15, 0.2) is 12.7 Å². The molecule has 0 atom stereocenters. The maximum atomic E-state index is 5.69. The van der Waals surface area contributed by atoms with E-state index in [0.29, 0.717) is 19.8 Å². The highest BCUT2D eigenvalue weighted by Crippen LogP contribution is 2.36. The molecule has 3 heterocycles. The van der Waals surface area contributed by atoms with Crippen molar-refractivity contribution in [2.24, 2.45) is 0 Å². The summed E-state index contributed by atoms with van der Waals surface area (Å²) in [7, 11) is 0. The van der Waals surface area contributed by atoms with E-state index in [1.807, 2.05) is 0 Å². The van der Waals surface area contributed by atoms with Crippen LogP contribution in [0.4, 0.5) is 0 Å². The molecule has 2 bridgehead atoms. The summed E-state index contributed by atoms with van der Waals surface area (Å²) < 4.78 is 16.8. The van der Waals surface area contributed by atoms with Gasteiger partial charge in [-0.2, -0.15) is 0 Å². The predicted molar refractivity (Wildman–Crippen MR) is 43.8 cm³/mol. The van der Waals surface area contributed by atoms with Crippen LogP contribution in [0.5, 0.6) is 0 Å². The first-order chi connectivity index (χ1) is 5.74. The molecule has 3 heteroatoms. The number of rotatable bonds is 2. The van der Waals surface area contributed by atoms with Crippen molar-refractivity contribution in [2.75, 3.05) is 19.8 Å². The zero-order chi connectivity index (χ0) is 8.66. The minimum Gasteiger partial charge on any atom is -0.364 e. The molecule has 3 saturated heterocycles. The Morgan fingerprint density at radius 3 is 2.25 bits per heavy atom. The van der Waals surface area contributed by atoms with Gasteiger partial charge in [0, 0.05) is 0 Å². The monoisotopic (exact) mass is 170 g/mol. The summed E-state index contributed by atoms with van der Waals surface area (Å²) in [6.45, 7) is 7.47. The summed E-state index contributed by atoms with van der Waals surface area (Å²) in [6, 6.07) is 0. The van der Waals surface area contributed by atoms with E-state index in [1.165, 1.54) is 0 Å². The number of ether oxygens (including phenoxy) is 3. The second kappa shape index (κ2) is 2.55. The minimum atomic E-state index is -0.656. The zero-order valence-electron chi connectivity index (χ0n) is 7.34. The Labute approximate surface area is 72.3 Å². The predicted octanol–water partition coefficient (Wildman–Crippen LogP) is 1.09. The molecule has 3 nitrogen and oxygen atoms in total. The van der Waals surface area contributed by atoms with E-state index in [2.05, 4.69) is 13.5 Å². The Morgan fingerprint density at radius 2 is 1.92 bits per heavy atom. The molecule has 3 aliphatic heterocycles. The van der Waals surface area contributed by atoms with Gasteiger partial charge in [-0.05, 0) is 12.5 Å². The highest BCUT2D eigenvalue weighted by molar-refractivity contribution is 5.00. The number of fused-ring (bicyclic) bond motifs is 3. The minimum absolute atomic E-state index is 0.190. The molecule has 0 aromatic carbocycles. The van der Waals surface area contributed by atoms with Crippen LogP contribution in [0.1, 0.15) is 13.3 Å². The highest BCUT2D eigenvalue weighted by Gasteiger charge is 2.49. The fraction of sp³-hybridized carbons (Fsp3) is 0.778. The van der Waals surface area contributed by atoms with Crippen LogP contribution in [-0.4, -0.2) is 31.2 Å². The largest absolute Gasteiger partial charge is 0.364 e. The van der Waals surface area contributed by atoms with Gasteiger partial charge in [-0.1, -0.05) is 13.5 Å². The molecule has 0 aliphatic carbocycles. The molecule has 0 aromatic rings. The summed E-state index contributed by atoms with van der Waals surface area (Å²) in [6.07, 6.45) is 2.60. The maximum Gasteiger partial charge on any atom is 0.211 e. The molecule has 0 spiro atoms. The van der Waals surface area contributed by atoms with Gasteiger partial charge in [-0.15, -0.1) is 0 Å². The average molecular weight is 170 g/mol. The van der Waals surface area contributed by atoms with E-state index in [-0.39, 0.29) is 5.60 Å². The average Bonchev–Trinajstić information content (AvgIpc) is 2.21. The molecule has 0 saturated carbocycles. The van der Waals surface area contributed by atoms with Gasteiger partial charge in [0.1, 0.15) is 12.2 Å². The Bertz CT molecular complexity index is 175. The molecule has 0 radical (unpaired) electrons. The van der Waals surface area contributed by atoms with Gasteiger partial charge < -0.3 is 14.2 Å². The second-order valence-electron chi connectivity index (χ2n) is 3.42. The Morgan fingerprint density at radius 1 is 1.25 bits per heavy atom. The van der Waals surface area contributed by atoms with E-state index in [1.54, 1.807) is 6.08 Å². The molecular formula is C9H14O3. The van der Waals surface area contributed by atoms with Gasteiger partial charge in [0.2, 0.25) is 5.79 Å². The van der Waals surface area contributed by atoms with Gasteiger partial charge in [-0.25, -0.2) is 0 Å². The summed E-state index contributed by atoms with van der Waals surface area (Å²) in [5.41, 5.74) is -0.190. The smallest absolute Gasteiger partial charge is 0.211 e. The molecular weight excluding hydrogens is 156 g/mol. The van der Waals surface area contributed by atoms with Gasteiger partial charge >= 0.3 is 0 Å². The fourth-order valence-electron chi connectivity index (χ4n) is 1.49. The van der Waals surface area contributed by atoms with Crippen LogP contribution in [0.2, 0.25) is 0 Å². The summed E-state index contributed by atoms with van der Waals surface area (Å²) >= 11 is 0. The van der Waals surface area contributed by atoms with Crippen molar-refractivity contribution >= 4 is 0 Å². The van der Waals surface area contributed by atoms with Gasteiger partial charge in [-0.3, -0.25) is 0 Å². The van der Waals surface area contributed by atoms with Crippen molar-refractivity contribution in [3.8, 4) is 0 Å². The molecule has 12 heavy (non-hydrogen) atoms. The third-order valence-electron chi connectivity index (χ3n) is 2.69. The SMILES string of the molecule is C=CC12COC(CC)(CO1)CO2. The molecule has 0 aromatic heterocycles. The molecule has 0 unspecified atom stereocenters. The van der Waals surface area contributed by atoms with Gasteiger partial charge in [0.15, 0.2) is 0 Å². The lowest BCUT2D eigenvalue weighted by Gasteiger charge is -2.50. The quantitative estimate of drug-likeness (QED) is 0.581. The van der Waals surface area contributed by atoms with Crippen LogP contribution < -0.4 is 0 Å². The van der Waals surface area contributed by atoms with E-state index >= 15 is 0 Å². The van der Waals surface area contributed by atoms with Crippen molar-refractivity contribution < 1.29 is 14.2 Å². The third kappa shape index (κ3) is 1.01. The standard InChI is InChI=1S/C9H14O3/c1-3-8-5-11-9(4-2,7-10-8)12-6-8/h4H,2-3,5-7H2,1H3. The lowest BCUT2D eigenvalue weighted by molar-refractivity contribution is -0.377. The second-order valence-corrected chi connectivity index (χ2v) is 3.42. The van der Waals surface area contributed by atoms with Crippen LogP contribution in [-0.2, 0) is 14.2 Å². The fourth-order valence-corrected chi connectivity index (χ4v) is 1.49. The van der Waals surface area contributed by atoms with Crippen LogP contribution >= 0.6 is 0 Å². The van der Waals surface area contributed by atoms with E-state index in [9.17, 15) is 0 Å². The number of hydrogen-bond donors (Lipinski definition) is 0. The summed E-state index contributed by atoms with van der Waals surface area (Å²) in [4.78, 5) is 0. The van der Waals surface area contributed by atoms with E-state index in [4.69, 9.17) is 14.2 Å². The van der Waals surface area contributed by atoms with Crippen molar-refractivity contribution in [1.82, 2.24) is 0 Å². The van der Waals surface area contributed by atoms with E-state index in [0.717, 1.165) is 6.42 Å². The topological polar surface area (TPSA) is 27.7 Å². The Kier molecular flexibility index (Phi) is 1.75. The lowest BCUT2D eigenvalue weighted by Crippen LogP contribution is -2.62. The van der Waals surface area contributed by atoms with Crippen LogP contribution in [0.3, 0.4) is 0 Å². The summed E-state index contributed by atoms with van der Waals surface area (Å²) in [5, 5.41) is 0. The summed E-state index contributed by atoms with van der Waals surface area (Å²) in [5.74, 6) is -0.656. The molecule has 0 amide bonds. The number of hydrogen-bond acceptors (Lipinski definition) is 3. The Balaban J connectivity index is 2.14. The molecule has 3 rings (SSSR count). The highest BCUT2D eigenvalue weighted by atomic mass is 16.8. The van der Waals surface area contributed by atoms with E-state index < -0.39 is 5.79 Å². The lowest BCUT2D eigenvalue weighted by atomic mass is 9.98. The molecule has 68 valence electrons.